The lowest BCUT2D eigenvalue weighted by Gasteiger charge is -2.10. The first-order valence-corrected chi connectivity index (χ1v) is 8.36. The van der Waals surface area contributed by atoms with Gasteiger partial charge in [0.15, 0.2) is 0 Å². The van der Waals surface area contributed by atoms with Gasteiger partial charge in [-0.25, -0.2) is 4.68 Å². The van der Waals surface area contributed by atoms with Gasteiger partial charge in [0.1, 0.15) is 5.75 Å². The molecule has 136 valence electrons. The quantitative estimate of drug-likeness (QED) is 0.711. The topological polar surface area (TPSA) is 86.2 Å². The highest BCUT2D eigenvalue weighted by Crippen LogP contribution is 2.25. The molecule has 7 nitrogen and oxygen atoms in total. The van der Waals surface area contributed by atoms with Crippen LogP contribution in [0.4, 0.5) is 0 Å². The van der Waals surface area contributed by atoms with Gasteiger partial charge in [-0.3, -0.25) is 19.7 Å². The predicted molar refractivity (Wildman–Crippen MR) is 98.1 cm³/mol. The summed E-state index contributed by atoms with van der Waals surface area (Å²) < 4.78 is 11.7. The normalized spacial score (nSPS) is 10.9. The van der Waals surface area contributed by atoms with E-state index in [9.17, 15) is 9.59 Å². The Kier molecular flexibility index (Phi) is 4.79. The van der Waals surface area contributed by atoms with Crippen molar-refractivity contribution >= 4 is 16.9 Å². The molecule has 0 spiro atoms. The maximum Gasteiger partial charge on any atom is 0.310 e. The second kappa shape index (κ2) is 7.03. The van der Waals surface area contributed by atoms with Crippen LogP contribution in [0.25, 0.3) is 16.6 Å². The largest absolute Gasteiger partial charge is 0.497 e. The van der Waals surface area contributed by atoms with E-state index in [1.54, 1.807) is 27.2 Å². The number of fused-ring (bicyclic) bond motifs is 1. The Hall–Kier alpha value is -3.09. The molecule has 0 radical (unpaired) electrons. The molecule has 0 bridgehead atoms. The van der Waals surface area contributed by atoms with Crippen molar-refractivity contribution in [1.29, 1.82) is 0 Å². The first kappa shape index (κ1) is 17.7. The zero-order chi connectivity index (χ0) is 18.8. The number of carbonyl (C=O) groups is 1. The molecular weight excluding hydrogens is 334 g/mol. The fraction of sp³-hybridized carbons (Fsp3) is 0.316. The number of esters is 1. The molecule has 0 aliphatic heterocycles. The van der Waals surface area contributed by atoms with Crippen molar-refractivity contribution in [2.24, 2.45) is 0 Å². The van der Waals surface area contributed by atoms with E-state index in [0.717, 1.165) is 22.2 Å². The monoisotopic (exact) mass is 355 g/mol. The number of methoxy groups -OCH3 is 1. The summed E-state index contributed by atoms with van der Waals surface area (Å²) in [6, 6.07) is 5.61. The lowest BCUT2D eigenvalue weighted by molar-refractivity contribution is -0.142. The van der Waals surface area contributed by atoms with Crippen molar-refractivity contribution in [3.05, 3.63) is 51.6 Å². The summed E-state index contributed by atoms with van der Waals surface area (Å²) in [5, 5.41) is 3.93. The van der Waals surface area contributed by atoms with Crippen molar-refractivity contribution in [2.75, 3.05) is 13.7 Å². The van der Waals surface area contributed by atoms with E-state index in [1.807, 2.05) is 25.1 Å². The summed E-state index contributed by atoms with van der Waals surface area (Å²) in [6.07, 6.45) is 1.59. The SMILES string of the molecule is CCOC(=O)Cc1c(C)[nH]n(-c2cnc3ccc(OC)cc3c2C)c1=O. The lowest BCUT2D eigenvalue weighted by atomic mass is 10.1. The molecule has 3 aromatic rings. The predicted octanol–water partition coefficient (Wildman–Crippen LogP) is 2.44. The number of nitrogens with zero attached hydrogens (tertiary/aromatic N) is 2. The summed E-state index contributed by atoms with van der Waals surface area (Å²) in [5.41, 5.74) is 3.09. The molecule has 2 aromatic heterocycles. The number of aryl methyl sites for hydroxylation is 2. The summed E-state index contributed by atoms with van der Waals surface area (Å²) in [5.74, 6) is 0.300. The van der Waals surface area contributed by atoms with Gasteiger partial charge in [-0.15, -0.1) is 0 Å². The van der Waals surface area contributed by atoms with Gasteiger partial charge in [0, 0.05) is 11.1 Å². The highest BCUT2D eigenvalue weighted by Gasteiger charge is 2.18. The Balaban J connectivity index is 2.11. The third-order valence-electron chi connectivity index (χ3n) is 4.38. The molecule has 0 saturated carbocycles. The Morgan fingerprint density at radius 3 is 2.77 bits per heavy atom. The Bertz CT molecular complexity index is 1030. The molecule has 0 atom stereocenters. The molecule has 1 N–H and O–H groups in total. The molecule has 1 aromatic carbocycles. The molecule has 0 aliphatic carbocycles. The van der Waals surface area contributed by atoms with Crippen molar-refractivity contribution in [1.82, 2.24) is 14.8 Å². The van der Waals surface area contributed by atoms with Crippen LogP contribution in [0, 0.1) is 13.8 Å². The minimum Gasteiger partial charge on any atom is -0.497 e. The van der Waals surface area contributed by atoms with E-state index in [-0.39, 0.29) is 18.6 Å². The molecular formula is C19H21N3O4. The molecule has 26 heavy (non-hydrogen) atoms. The number of aromatic nitrogens is 3. The van der Waals surface area contributed by atoms with Crippen molar-refractivity contribution in [3.63, 3.8) is 0 Å². The van der Waals surface area contributed by atoms with Gasteiger partial charge in [-0.1, -0.05) is 0 Å². The molecule has 2 heterocycles. The van der Waals surface area contributed by atoms with Crippen LogP contribution in [-0.2, 0) is 16.0 Å². The number of rotatable bonds is 5. The van der Waals surface area contributed by atoms with Gasteiger partial charge in [0.25, 0.3) is 5.56 Å². The van der Waals surface area contributed by atoms with Gasteiger partial charge in [0.05, 0.1) is 43.1 Å². The summed E-state index contributed by atoms with van der Waals surface area (Å²) in [7, 11) is 1.61. The summed E-state index contributed by atoms with van der Waals surface area (Å²) in [4.78, 5) is 29.0. The molecule has 0 fully saturated rings. The van der Waals surface area contributed by atoms with Crippen LogP contribution in [0.2, 0.25) is 0 Å². The van der Waals surface area contributed by atoms with E-state index >= 15 is 0 Å². The summed E-state index contributed by atoms with van der Waals surface area (Å²) in [6.45, 7) is 5.70. The van der Waals surface area contributed by atoms with Gasteiger partial charge >= 0.3 is 5.97 Å². The van der Waals surface area contributed by atoms with E-state index in [4.69, 9.17) is 9.47 Å². The van der Waals surface area contributed by atoms with Gasteiger partial charge in [-0.2, -0.15) is 0 Å². The molecule has 0 unspecified atom stereocenters. The Morgan fingerprint density at radius 1 is 1.31 bits per heavy atom. The van der Waals surface area contributed by atoms with Crippen molar-refractivity contribution < 1.29 is 14.3 Å². The maximum absolute atomic E-state index is 12.8. The molecule has 0 amide bonds. The van der Waals surface area contributed by atoms with Crippen LogP contribution >= 0.6 is 0 Å². The molecule has 3 rings (SSSR count). The highest BCUT2D eigenvalue weighted by molar-refractivity contribution is 5.85. The van der Waals surface area contributed by atoms with Crippen LogP contribution in [0.15, 0.2) is 29.2 Å². The number of benzene rings is 1. The maximum atomic E-state index is 12.8. The second-order valence-electron chi connectivity index (χ2n) is 5.99. The molecule has 0 aliphatic rings. The minimum absolute atomic E-state index is 0.0596. The van der Waals surface area contributed by atoms with Crippen LogP contribution in [0.3, 0.4) is 0 Å². The number of aromatic amines is 1. The third kappa shape index (κ3) is 3.08. The zero-order valence-corrected chi connectivity index (χ0v) is 15.3. The summed E-state index contributed by atoms with van der Waals surface area (Å²) >= 11 is 0. The Morgan fingerprint density at radius 2 is 2.08 bits per heavy atom. The Labute approximate surface area is 150 Å². The zero-order valence-electron chi connectivity index (χ0n) is 15.3. The van der Waals surface area contributed by atoms with E-state index in [1.165, 1.54) is 4.68 Å². The highest BCUT2D eigenvalue weighted by atomic mass is 16.5. The van der Waals surface area contributed by atoms with Gasteiger partial charge < -0.3 is 9.47 Å². The average molecular weight is 355 g/mol. The average Bonchev–Trinajstić information content (AvgIpc) is 2.90. The number of pyridine rings is 1. The lowest BCUT2D eigenvalue weighted by Crippen LogP contribution is -2.21. The number of nitrogens with one attached hydrogen (secondary N) is 1. The number of hydrogen-bond donors (Lipinski definition) is 1. The fourth-order valence-electron chi connectivity index (χ4n) is 2.96. The van der Waals surface area contributed by atoms with Crippen LogP contribution in [0.5, 0.6) is 5.75 Å². The van der Waals surface area contributed by atoms with Crippen LogP contribution in [-0.4, -0.2) is 34.5 Å². The standard InChI is InChI=1S/C19H21N3O4/c1-5-26-18(23)9-15-12(3)21-22(19(15)24)17-10-20-16-7-6-13(25-4)8-14(16)11(17)2/h6-8,10,21H,5,9H2,1-4H3. The van der Waals surface area contributed by atoms with Gasteiger partial charge in [0.2, 0.25) is 0 Å². The molecule has 0 saturated heterocycles. The van der Waals surface area contributed by atoms with E-state index in [0.29, 0.717) is 16.9 Å². The molecule has 7 heteroatoms. The van der Waals surface area contributed by atoms with Crippen LogP contribution < -0.4 is 10.3 Å². The van der Waals surface area contributed by atoms with Crippen LogP contribution in [0.1, 0.15) is 23.7 Å². The van der Waals surface area contributed by atoms with Gasteiger partial charge in [-0.05, 0) is 44.5 Å². The number of H-pyrrole nitrogens is 1. The van der Waals surface area contributed by atoms with E-state index in [2.05, 4.69) is 10.1 Å². The second-order valence-corrected chi connectivity index (χ2v) is 5.99. The minimum atomic E-state index is -0.419. The number of ether oxygens (including phenoxy) is 2. The van der Waals surface area contributed by atoms with Crippen molar-refractivity contribution in [2.45, 2.75) is 27.2 Å². The van der Waals surface area contributed by atoms with Crippen molar-refractivity contribution in [3.8, 4) is 11.4 Å². The first-order valence-electron chi connectivity index (χ1n) is 8.36. The number of carbonyl (C=O) groups excluding carboxylic acids is 1. The third-order valence-corrected chi connectivity index (χ3v) is 4.38. The number of hydrogen-bond acceptors (Lipinski definition) is 5. The first-order chi connectivity index (χ1) is 12.5. The van der Waals surface area contributed by atoms with E-state index < -0.39 is 5.97 Å². The fourth-order valence-corrected chi connectivity index (χ4v) is 2.96. The smallest absolute Gasteiger partial charge is 0.310 e.